The molecule has 0 fully saturated rings. The van der Waals surface area contributed by atoms with Gasteiger partial charge in [-0.25, -0.2) is 4.99 Å². The lowest BCUT2D eigenvalue weighted by atomic mass is 9.98. The highest BCUT2D eigenvalue weighted by Crippen LogP contribution is 2.21. The van der Waals surface area contributed by atoms with E-state index in [1.165, 1.54) is 0 Å². The van der Waals surface area contributed by atoms with Crippen LogP contribution in [-0.2, 0) is 9.53 Å². The minimum atomic E-state index is -0.915. The van der Waals surface area contributed by atoms with E-state index in [1.807, 2.05) is 24.3 Å². The molecule has 0 saturated carbocycles. The second-order valence-electron chi connectivity index (χ2n) is 3.83. The third kappa shape index (κ3) is 2.62. The van der Waals surface area contributed by atoms with Gasteiger partial charge >= 0.3 is 5.97 Å². The average Bonchev–Trinajstić information content (AvgIpc) is 2.81. The van der Waals surface area contributed by atoms with Gasteiger partial charge in [-0.15, -0.1) is 0 Å². The van der Waals surface area contributed by atoms with Crippen LogP contribution in [0.25, 0.3) is 0 Å². The number of ether oxygens (including phenoxy) is 1. The first-order valence-corrected chi connectivity index (χ1v) is 5.42. The number of aliphatic imine (C=N–C) groups is 1. The maximum atomic E-state index is 10.7. The molecule has 0 aromatic heterocycles. The Balaban J connectivity index is 2.30. The fourth-order valence-electron chi connectivity index (χ4n) is 1.81. The summed E-state index contributed by atoms with van der Waals surface area (Å²) in [4.78, 5) is 14.9. The number of benzene rings is 1. The number of rotatable bonds is 4. The Hall–Kier alpha value is -1.88. The first-order valence-electron chi connectivity index (χ1n) is 5.42. The van der Waals surface area contributed by atoms with Crippen molar-refractivity contribution in [1.82, 2.24) is 0 Å². The monoisotopic (exact) mass is 234 g/mol. The highest BCUT2D eigenvalue weighted by atomic mass is 16.5. The molecule has 1 aromatic carbocycles. The number of nitrogens with two attached hydrogens (primary N) is 1. The van der Waals surface area contributed by atoms with Gasteiger partial charge in [0.2, 0.25) is 5.90 Å². The molecule has 3 N–H and O–H groups in total. The Bertz CT molecular complexity index is 457. The van der Waals surface area contributed by atoms with Crippen LogP contribution < -0.4 is 5.73 Å². The van der Waals surface area contributed by atoms with Crippen LogP contribution in [0.15, 0.2) is 29.3 Å². The molecule has 0 spiro atoms. The molecule has 17 heavy (non-hydrogen) atoms. The lowest BCUT2D eigenvalue weighted by Crippen LogP contribution is -2.18. The van der Waals surface area contributed by atoms with Gasteiger partial charge in [-0.3, -0.25) is 4.79 Å². The van der Waals surface area contributed by atoms with Crippen LogP contribution in [0, 0.1) is 0 Å². The molecular weight excluding hydrogens is 220 g/mol. The predicted molar refractivity (Wildman–Crippen MR) is 63.0 cm³/mol. The Morgan fingerprint density at radius 1 is 1.53 bits per heavy atom. The van der Waals surface area contributed by atoms with E-state index in [9.17, 15) is 4.79 Å². The van der Waals surface area contributed by atoms with Crippen LogP contribution in [0.1, 0.15) is 23.6 Å². The van der Waals surface area contributed by atoms with Crippen LogP contribution in [0.5, 0.6) is 0 Å². The van der Waals surface area contributed by atoms with E-state index in [4.69, 9.17) is 15.6 Å². The molecule has 5 nitrogen and oxygen atoms in total. The number of hydrogen-bond acceptors (Lipinski definition) is 4. The van der Waals surface area contributed by atoms with E-state index in [0.717, 1.165) is 11.1 Å². The van der Waals surface area contributed by atoms with E-state index >= 15 is 0 Å². The van der Waals surface area contributed by atoms with E-state index in [1.54, 1.807) is 0 Å². The molecule has 1 aliphatic heterocycles. The second kappa shape index (κ2) is 4.97. The van der Waals surface area contributed by atoms with Crippen molar-refractivity contribution >= 4 is 11.9 Å². The van der Waals surface area contributed by atoms with Gasteiger partial charge in [-0.05, 0) is 11.6 Å². The molecule has 1 unspecified atom stereocenters. The SMILES string of the molecule is NC(CC(=O)O)c1ccccc1C1=NCCO1. The van der Waals surface area contributed by atoms with Crippen LogP contribution >= 0.6 is 0 Å². The highest BCUT2D eigenvalue weighted by molar-refractivity contribution is 5.96. The quantitative estimate of drug-likeness (QED) is 0.811. The first-order chi connectivity index (χ1) is 8.18. The van der Waals surface area contributed by atoms with E-state index in [2.05, 4.69) is 4.99 Å². The molecule has 0 saturated heterocycles. The third-order valence-corrected chi connectivity index (χ3v) is 2.57. The van der Waals surface area contributed by atoms with Gasteiger partial charge in [0.1, 0.15) is 6.61 Å². The van der Waals surface area contributed by atoms with Gasteiger partial charge in [-0.1, -0.05) is 18.2 Å². The van der Waals surface area contributed by atoms with Crippen molar-refractivity contribution in [3.8, 4) is 0 Å². The summed E-state index contributed by atoms with van der Waals surface area (Å²) < 4.78 is 5.38. The number of carboxylic acid groups (broad SMARTS) is 1. The molecule has 1 heterocycles. The largest absolute Gasteiger partial charge is 0.481 e. The maximum Gasteiger partial charge on any atom is 0.305 e. The predicted octanol–water partition coefficient (Wildman–Crippen LogP) is 0.938. The van der Waals surface area contributed by atoms with Crippen LogP contribution in [0.2, 0.25) is 0 Å². The van der Waals surface area contributed by atoms with Gasteiger partial charge in [0.15, 0.2) is 0 Å². The molecule has 1 aliphatic rings. The van der Waals surface area contributed by atoms with E-state index in [0.29, 0.717) is 19.0 Å². The molecule has 0 amide bonds. The van der Waals surface area contributed by atoms with E-state index < -0.39 is 12.0 Å². The van der Waals surface area contributed by atoms with Crippen LogP contribution in [0.3, 0.4) is 0 Å². The molecule has 0 bridgehead atoms. The van der Waals surface area contributed by atoms with Gasteiger partial charge < -0.3 is 15.6 Å². The Kier molecular flexibility index (Phi) is 3.39. The molecular formula is C12H14N2O3. The standard InChI is InChI=1S/C12H14N2O3/c13-10(7-11(15)16)8-3-1-2-4-9(8)12-14-5-6-17-12/h1-4,10H,5-7,13H2,(H,15,16). The average molecular weight is 234 g/mol. The molecule has 90 valence electrons. The fourth-order valence-corrected chi connectivity index (χ4v) is 1.81. The molecule has 1 aromatic rings. The summed E-state index contributed by atoms with van der Waals surface area (Å²) in [5, 5.41) is 8.76. The maximum absolute atomic E-state index is 10.7. The smallest absolute Gasteiger partial charge is 0.305 e. The highest BCUT2D eigenvalue weighted by Gasteiger charge is 2.19. The molecule has 1 atom stereocenters. The normalized spacial score (nSPS) is 16.2. The van der Waals surface area contributed by atoms with Crippen molar-refractivity contribution in [2.24, 2.45) is 10.7 Å². The molecule has 0 radical (unpaired) electrons. The van der Waals surface area contributed by atoms with Gasteiger partial charge in [0.25, 0.3) is 0 Å². The van der Waals surface area contributed by atoms with Crippen molar-refractivity contribution in [1.29, 1.82) is 0 Å². The first kappa shape index (κ1) is 11.6. The summed E-state index contributed by atoms with van der Waals surface area (Å²) in [6.45, 7) is 1.20. The minimum absolute atomic E-state index is 0.107. The lowest BCUT2D eigenvalue weighted by molar-refractivity contribution is -0.137. The Morgan fingerprint density at radius 2 is 2.29 bits per heavy atom. The van der Waals surface area contributed by atoms with Gasteiger partial charge in [0.05, 0.1) is 13.0 Å². The van der Waals surface area contributed by atoms with Crippen molar-refractivity contribution in [2.75, 3.05) is 13.2 Å². The van der Waals surface area contributed by atoms with Crippen LogP contribution in [0.4, 0.5) is 0 Å². The summed E-state index contributed by atoms with van der Waals surface area (Å²) >= 11 is 0. The minimum Gasteiger partial charge on any atom is -0.481 e. The number of hydrogen-bond donors (Lipinski definition) is 2. The molecule has 0 aliphatic carbocycles. The topological polar surface area (TPSA) is 84.9 Å². The fraction of sp³-hybridized carbons (Fsp3) is 0.333. The lowest BCUT2D eigenvalue weighted by Gasteiger charge is -2.14. The molecule has 2 rings (SSSR count). The number of carbonyl (C=O) groups is 1. The summed E-state index contributed by atoms with van der Waals surface area (Å²) in [5.74, 6) is -0.358. The summed E-state index contributed by atoms with van der Waals surface area (Å²) in [5.41, 5.74) is 7.42. The van der Waals surface area contributed by atoms with Crippen molar-refractivity contribution in [3.05, 3.63) is 35.4 Å². The number of nitrogens with zero attached hydrogens (tertiary/aromatic N) is 1. The zero-order valence-corrected chi connectivity index (χ0v) is 9.30. The van der Waals surface area contributed by atoms with Crippen molar-refractivity contribution in [3.63, 3.8) is 0 Å². The Labute approximate surface area is 98.9 Å². The van der Waals surface area contributed by atoms with Gasteiger partial charge in [-0.2, -0.15) is 0 Å². The number of carboxylic acids is 1. The zero-order valence-electron chi connectivity index (χ0n) is 9.30. The van der Waals surface area contributed by atoms with Crippen LogP contribution in [-0.4, -0.2) is 30.1 Å². The number of aliphatic carboxylic acids is 1. The van der Waals surface area contributed by atoms with Crippen molar-refractivity contribution < 1.29 is 14.6 Å². The van der Waals surface area contributed by atoms with E-state index in [-0.39, 0.29) is 6.42 Å². The molecule has 5 heteroatoms. The summed E-state index contributed by atoms with van der Waals surface area (Å²) in [7, 11) is 0. The zero-order chi connectivity index (χ0) is 12.3. The summed E-state index contributed by atoms with van der Waals surface area (Å²) in [6, 6.07) is 6.80. The van der Waals surface area contributed by atoms with Crippen molar-refractivity contribution in [2.45, 2.75) is 12.5 Å². The third-order valence-electron chi connectivity index (χ3n) is 2.57. The second-order valence-corrected chi connectivity index (χ2v) is 3.83. The Morgan fingerprint density at radius 3 is 2.94 bits per heavy atom. The van der Waals surface area contributed by atoms with Gasteiger partial charge in [0, 0.05) is 11.6 Å². The summed E-state index contributed by atoms with van der Waals surface area (Å²) in [6.07, 6.45) is -0.107.